The number of pyridine rings is 1. The van der Waals surface area contributed by atoms with Gasteiger partial charge in [-0.15, -0.1) is 0 Å². The first-order valence-electron chi connectivity index (χ1n) is 9.16. The molecule has 1 fully saturated rings. The number of hydrogen-bond donors (Lipinski definition) is 2. The van der Waals surface area contributed by atoms with Crippen LogP contribution in [0.25, 0.3) is 0 Å². The Bertz CT molecular complexity index is 910. The lowest BCUT2D eigenvalue weighted by molar-refractivity contribution is -0.114. The number of carbonyl (C=O) groups excluding carboxylic acids is 1. The highest BCUT2D eigenvalue weighted by Crippen LogP contribution is 2.18. The number of carbonyl (C=O) groups is 1. The first kappa shape index (κ1) is 20.2. The lowest BCUT2D eigenvalue weighted by atomic mass is 10.1. The Labute approximate surface area is 165 Å². The quantitative estimate of drug-likeness (QED) is 0.729. The number of ether oxygens (including phenoxy) is 1. The van der Waals surface area contributed by atoms with Crippen LogP contribution in [0.2, 0.25) is 0 Å². The number of rotatable bonds is 7. The summed E-state index contributed by atoms with van der Waals surface area (Å²) < 4.78 is 31.7. The molecule has 1 aromatic carbocycles. The average molecular weight is 404 g/mol. The molecule has 0 aliphatic carbocycles. The molecule has 0 bridgehead atoms. The fraction of sp³-hybridized carbons (Fsp3) is 0.368. The second-order valence-electron chi connectivity index (χ2n) is 6.31. The SMILES string of the molecule is CCc1ccccc1NC(=O)CNc1ccc(S(=O)(=O)N2CCOCC2)cn1. The molecule has 9 heteroatoms. The number of morpholine rings is 1. The Hall–Kier alpha value is -2.49. The Morgan fingerprint density at radius 2 is 1.93 bits per heavy atom. The molecule has 0 saturated carbocycles. The van der Waals surface area contributed by atoms with Crippen LogP contribution in [-0.2, 0) is 26.0 Å². The van der Waals surface area contributed by atoms with Crippen LogP contribution in [-0.4, -0.2) is 56.5 Å². The highest BCUT2D eigenvalue weighted by molar-refractivity contribution is 7.89. The molecule has 1 aromatic heterocycles. The zero-order chi connectivity index (χ0) is 20.0. The number of aryl methyl sites for hydroxylation is 1. The second kappa shape index (κ2) is 9.13. The molecule has 0 atom stereocenters. The molecule has 1 saturated heterocycles. The topological polar surface area (TPSA) is 101 Å². The summed E-state index contributed by atoms with van der Waals surface area (Å²) in [5.74, 6) is 0.229. The molecular formula is C19H24N4O4S. The summed E-state index contributed by atoms with van der Waals surface area (Å²) in [6.45, 7) is 3.51. The van der Waals surface area contributed by atoms with Crippen molar-refractivity contribution in [1.82, 2.24) is 9.29 Å². The predicted octanol–water partition coefficient (Wildman–Crippen LogP) is 1.72. The number of nitrogens with one attached hydrogen (secondary N) is 2. The third-order valence-electron chi connectivity index (χ3n) is 4.45. The van der Waals surface area contributed by atoms with Gasteiger partial charge in [-0.05, 0) is 30.2 Å². The first-order valence-corrected chi connectivity index (χ1v) is 10.6. The fourth-order valence-electron chi connectivity index (χ4n) is 2.89. The van der Waals surface area contributed by atoms with Crippen LogP contribution in [0.4, 0.5) is 11.5 Å². The van der Waals surface area contributed by atoms with E-state index in [1.165, 1.54) is 16.6 Å². The van der Waals surface area contributed by atoms with Crippen molar-refractivity contribution in [2.24, 2.45) is 0 Å². The van der Waals surface area contributed by atoms with E-state index in [4.69, 9.17) is 4.74 Å². The van der Waals surface area contributed by atoms with E-state index in [9.17, 15) is 13.2 Å². The predicted molar refractivity (Wildman–Crippen MR) is 107 cm³/mol. The average Bonchev–Trinajstić information content (AvgIpc) is 2.73. The highest BCUT2D eigenvalue weighted by Gasteiger charge is 2.26. The van der Waals surface area contributed by atoms with Gasteiger partial charge in [0.05, 0.1) is 19.8 Å². The van der Waals surface area contributed by atoms with Crippen molar-refractivity contribution >= 4 is 27.4 Å². The smallest absolute Gasteiger partial charge is 0.244 e. The number of sulfonamides is 1. The van der Waals surface area contributed by atoms with Crippen LogP contribution in [0.3, 0.4) is 0 Å². The molecule has 3 rings (SSSR count). The third kappa shape index (κ3) is 4.86. The normalized spacial score (nSPS) is 15.2. The van der Waals surface area contributed by atoms with Crippen LogP contribution in [0.15, 0.2) is 47.5 Å². The van der Waals surface area contributed by atoms with E-state index in [0.29, 0.717) is 32.1 Å². The van der Waals surface area contributed by atoms with E-state index in [-0.39, 0.29) is 17.3 Å². The number of benzene rings is 1. The van der Waals surface area contributed by atoms with Gasteiger partial charge in [0.1, 0.15) is 10.7 Å². The van der Waals surface area contributed by atoms with Gasteiger partial charge in [-0.3, -0.25) is 4.79 Å². The minimum absolute atomic E-state index is 0.0284. The zero-order valence-electron chi connectivity index (χ0n) is 15.7. The van der Waals surface area contributed by atoms with Gasteiger partial charge in [-0.25, -0.2) is 13.4 Å². The molecule has 0 spiro atoms. The first-order chi connectivity index (χ1) is 13.5. The summed E-state index contributed by atoms with van der Waals surface area (Å²) in [5, 5.41) is 5.78. The number of anilines is 2. The molecule has 2 N–H and O–H groups in total. The number of amides is 1. The third-order valence-corrected chi connectivity index (χ3v) is 6.33. The molecule has 1 amide bonds. The van der Waals surface area contributed by atoms with Gasteiger partial charge in [0.25, 0.3) is 0 Å². The van der Waals surface area contributed by atoms with Gasteiger partial charge in [0.15, 0.2) is 0 Å². The van der Waals surface area contributed by atoms with E-state index in [1.807, 2.05) is 31.2 Å². The van der Waals surface area contributed by atoms with Crippen molar-refractivity contribution in [3.63, 3.8) is 0 Å². The maximum atomic E-state index is 12.6. The number of aromatic nitrogens is 1. The van der Waals surface area contributed by atoms with Crippen LogP contribution < -0.4 is 10.6 Å². The molecule has 28 heavy (non-hydrogen) atoms. The molecule has 8 nitrogen and oxygen atoms in total. The van der Waals surface area contributed by atoms with Gasteiger partial charge in [0.2, 0.25) is 15.9 Å². The number of para-hydroxylation sites is 1. The Balaban J connectivity index is 1.57. The zero-order valence-corrected chi connectivity index (χ0v) is 16.5. The Morgan fingerprint density at radius 1 is 1.18 bits per heavy atom. The summed E-state index contributed by atoms with van der Waals surface area (Å²) in [6, 6.07) is 10.7. The molecule has 150 valence electrons. The van der Waals surface area contributed by atoms with E-state index in [1.54, 1.807) is 6.07 Å². The van der Waals surface area contributed by atoms with Crippen LogP contribution in [0, 0.1) is 0 Å². The molecular weight excluding hydrogens is 380 g/mol. The van der Waals surface area contributed by atoms with E-state index in [0.717, 1.165) is 17.7 Å². The van der Waals surface area contributed by atoms with Crippen molar-refractivity contribution in [3.05, 3.63) is 48.2 Å². The molecule has 0 radical (unpaired) electrons. The van der Waals surface area contributed by atoms with Crippen LogP contribution in [0.1, 0.15) is 12.5 Å². The molecule has 1 aliphatic heterocycles. The fourth-order valence-corrected chi connectivity index (χ4v) is 4.24. The minimum atomic E-state index is -3.57. The van der Waals surface area contributed by atoms with E-state index >= 15 is 0 Å². The van der Waals surface area contributed by atoms with Gasteiger partial charge in [-0.1, -0.05) is 25.1 Å². The lowest BCUT2D eigenvalue weighted by Gasteiger charge is -2.25. The highest BCUT2D eigenvalue weighted by atomic mass is 32.2. The van der Waals surface area contributed by atoms with E-state index < -0.39 is 10.0 Å². The summed E-state index contributed by atoms with van der Waals surface area (Å²) >= 11 is 0. The maximum absolute atomic E-state index is 12.6. The molecule has 2 aromatic rings. The van der Waals surface area contributed by atoms with Crippen molar-refractivity contribution in [2.45, 2.75) is 18.2 Å². The van der Waals surface area contributed by atoms with Crippen molar-refractivity contribution in [3.8, 4) is 0 Å². The van der Waals surface area contributed by atoms with Crippen LogP contribution in [0.5, 0.6) is 0 Å². The maximum Gasteiger partial charge on any atom is 0.244 e. The van der Waals surface area contributed by atoms with E-state index in [2.05, 4.69) is 15.6 Å². The Morgan fingerprint density at radius 3 is 2.61 bits per heavy atom. The Kier molecular flexibility index (Phi) is 6.61. The van der Waals surface area contributed by atoms with Gasteiger partial charge in [-0.2, -0.15) is 4.31 Å². The van der Waals surface area contributed by atoms with Crippen LogP contribution >= 0.6 is 0 Å². The summed E-state index contributed by atoms with van der Waals surface area (Å²) in [7, 11) is -3.57. The number of nitrogens with zero attached hydrogens (tertiary/aromatic N) is 2. The van der Waals surface area contributed by atoms with Crippen molar-refractivity contribution in [2.75, 3.05) is 43.5 Å². The van der Waals surface area contributed by atoms with Crippen molar-refractivity contribution < 1.29 is 17.9 Å². The standard InChI is InChI=1S/C19H24N4O4S/c1-2-15-5-3-4-6-17(15)22-19(24)14-21-18-8-7-16(13-20-18)28(25,26)23-9-11-27-12-10-23/h3-8,13H,2,9-12,14H2,1H3,(H,20,21)(H,22,24). The van der Waals surface area contributed by atoms with Crippen molar-refractivity contribution in [1.29, 1.82) is 0 Å². The molecule has 2 heterocycles. The monoisotopic (exact) mass is 404 g/mol. The minimum Gasteiger partial charge on any atom is -0.379 e. The summed E-state index contributed by atoms with van der Waals surface area (Å²) in [6.07, 6.45) is 2.13. The van der Waals surface area contributed by atoms with Gasteiger partial charge in [0, 0.05) is 25.0 Å². The van der Waals surface area contributed by atoms with Gasteiger partial charge >= 0.3 is 0 Å². The lowest BCUT2D eigenvalue weighted by Crippen LogP contribution is -2.40. The van der Waals surface area contributed by atoms with Gasteiger partial charge < -0.3 is 15.4 Å². The second-order valence-corrected chi connectivity index (χ2v) is 8.25. The summed E-state index contributed by atoms with van der Waals surface area (Å²) in [4.78, 5) is 16.4. The number of hydrogen-bond acceptors (Lipinski definition) is 6. The summed E-state index contributed by atoms with van der Waals surface area (Å²) in [5.41, 5.74) is 1.85. The largest absolute Gasteiger partial charge is 0.379 e. The molecule has 0 unspecified atom stereocenters. The molecule has 1 aliphatic rings.